The van der Waals surface area contributed by atoms with Gasteiger partial charge in [0, 0.05) is 31.9 Å². The number of anilines is 1. The fourth-order valence-electron chi connectivity index (χ4n) is 2.58. The lowest BCUT2D eigenvalue weighted by Gasteiger charge is -2.17. The summed E-state index contributed by atoms with van der Waals surface area (Å²) in [7, 11) is 0. The van der Waals surface area contributed by atoms with Crippen LogP contribution in [0.2, 0.25) is 0 Å². The lowest BCUT2D eigenvalue weighted by molar-refractivity contribution is 0.739. The van der Waals surface area contributed by atoms with E-state index in [1.54, 1.807) is 0 Å². The first kappa shape index (κ1) is 14.9. The van der Waals surface area contributed by atoms with Crippen LogP contribution >= 0.6 is 0 Å². The molecule has 3 rings (SSSR count). The Hall–Kier alpha value is -1.97. The molecule has 1 saturated carbocycles. The van der Waals surface area contributed by atoms with Crippen LogP contribution in [0, 0.1) is 5.92 Å². The molecule has 1 heterocycles. The minimum Gasteiger partial charge on any atom is -0.364 e. The summed E-state index contributed by atoms with van der Waals surface area (Å²) >= 11 is 0. The third-order valence-corrected chi connectivity index (χ3v) is 4.14. The lowest BCUT2D eigenvalue weighted by atomic mass is 10.2. The minimum atomic E-state index is 0.721. The Kier molecular flexibility index (Phi) is 4.99. The van der Waals surface area contributed by atoms with E-state index in [0.29, 0.717) is 0 Å². The Morgan fingerprint density at radius 2 is 1.86 bits per heavy atom. The lowest BCUT2D eigenvalue weighted by Crippen LogP contribution is -2.38. The maximum atomic E-state index is 4.68. The molecule has 0 amide bonds. The monoisotopic (exact) mass is 298 g/mol. The highest BCUT2D eigenvalue weighted by atomic mass is 15.2. The molecule has 0 spiro atoms. The second-order valence-corrected chi connectivity index (χ2v) is 6.06. The van der Waals surface area contributed by atoms with Crippen LogP contribution in [-0.2, 0) is 6.54 Å². The zero-order chi connectivity index (χ0) is 15.2. The predicted octanol–water partition coefficient (Wildman–Crippen LogP) is 2.53. The molecule has 118 valence electrons. The quantitative estimate of drug-likeness (QED) is 0.482. The van der Waals surface area contributed by atoms with Crippen LogP contribution in [0.3, 0.4) is 0 Å². The van der Waals surface area contributed by atoms with Crippen molar-refractivity contribution in [1.82, 2.24) is 10.6 Å². The molecule has 0 aromatic heterocycles. The fraction of sp³-hybridized carbons (Fsp3) is 0.500. The predicted molar refractivity (Wildman–Crippen MR) is 93.3 cm³/mol. The fourth-order valence-corrected chi connectivity index (χ4v) is 2.58. The van der Waals surface area contributed by atoms with Crippen molar-refractivity contribution in [3.8, 4) is 0 Å². The van der Waals surface area contributed by atoms with E-state index in [9.17, 15) is 0 Å². The number of rotatable bonds is 6. The third-order valence-electron chi connectivity index (χ3n) is 4.14. The molecular formula is C18H26N4. The number of benzene rings is 1. The van der Waals surface area contributed by atoms with Crippen molar-refractivity contribution in [3.63, 3.8) is 0 Å². The molecule has 2 aliphatic rings. The normalized spacial score (nSPS) is 17.9. The largest absolute Gasteiger partial charge is 0.364 e. The summed E-state index contributed by atoms with van der Waals surface area (Å²) in [4.78, 5) is 7.03. The van der Waals surface area contributed by atoms with Gasteiger partial charge in [-0.3, -0.25) is 0 Å². The second-order valence-electron chi connectivity index (χ2n) is 6.06. The van der Waals surface area contributed by atoms with E-state index in [4.69, 9.17) is 0 Å². The van der Waals surface area contributed by atoms with Crippen LogP contribution in [0.1, 0.15) is 25.3 Å². The van der Waals surface area contributed by atoms with Gasteiger partial charge < -0.3 is 15.5 Å². The van der Waals surface area contributed by atoms with Gasteiger partial charge in [0.05, 0.1) is 6.54 Å². The zero-order valence-electron chi connectivity index (χ0n) is 13.4. The van der Waals surface area contributed by atoms with E-state index in [1.807, 2.05) is 0 Å². The van der Waals surface area contributed by atoms with E-state index in [2.05, 4.69) is 63.9 Å². The Bertz CT molecular complexity index is 521. The van der Waals surface area contributed by atoms with Gasteiger partial charge in [-0.25, -0.2) is 4.99 Å². The first-order chi connectivity index (χ1) is 10.8. The van der Waals surface area contributed by atoms with Crippen molar-refractivity contribution in [1.29, 1.82) is 0 Å². The summed E-state index contributed by atoms with van der Waals surface area (Å²) < 4.78 is 0. The maximum absolute atomic E-state index is 4.68. The van der Waals surface area contributed by atoms with Gasteiger partial charge in [0.15, 0.2) is 5.96 Å². The maximum Gasteiger partial charge on any atom is 0.191 e. The molecule has 0 bridgehead atoms. The average molecular weight is 298 g/mol. The van der Waals surface area contributed by atoms with E-state index in [0.717, 1.165) is 44.6 Å². The van der Waals surface area contributed by atoms with Crippen LogP contribution in [0.4, 0.5) is 5.69 Å². The number of hydrogen-bond acceptors (Lipinski definition) is 2. The molecule has 1 aromatic carbocycles. The summed E-state index contributed by atoms with van der Waals surface area (Å²) in [5.74, 6) is 1.79. The highest BCUT2D eigenvalue weighted by Gasteiger charge is 2.20. The average Bonchev–Trinajstić information content (AvgIpc) is 3.22. The Morgan fingerprint density at radius 1 is 1.14 bits per heavy atom. The van der Waals surface area contributed by atoms with Gasteiger partial charge in [0.1, 0.15) is 0 Å². The molecule has 1 aliphatic heterocycles. The summed E-state index contributed by atoms with van der Waals surface area (Å²) in [6, 6.07) is 8.76. The van der Waals surface area contributed by atoms with E-state index in [1.165, 1.54) is 24.1 Å². The van der Waals surface area contributed by atoms with Crippen LogP contribution in [-0.4, -0.2) is 32.1 Å². The summed E-state index contributed by atoms with van der Waals surface area (Å²) in [6.07, 6.45) is 7.15. The first-order valence-electron chi connectivity index (χ1n) is 8.36. The van der Waals surface area contributed by atoms with Crippen molar-refractivity contribution < 1.29 is 0 Å². The molecule has 2 N–H and O–H groups in total. The summed E-state index contributed by atoms with van der Waals surface area (Å²) in [6.45, 7) is 6.82. The van der Waals surface area contributed by atoms with E-state index in [-0.39, 0.29) is 0 Å². The Balaban J connectivity index is 1.54. The van der Waals surface area contributed by atoms with Gasteiger partial charge in [-0.05, 0) is 43.4 Å². The molecule has 0 radical (unpaired) electrons. The van der Waals surface area contributed by atoms with Crippen LogP contribution in [0.25, 0.3) is 0 Å². The SMILES string of the molecule is CCNC(=NCc1ccc(N2CC=CC2)cc1)NCC1CC1. The molecule has 0 atom stereocenters. The van der Waals surface area contributed by atoms with Crippen molar-refractivity contribution in [2.75, 3.05) is 31.1 Å². The molecule has 4 nitrogen and oxygen atoms in total. The second kappa shape index (κ2) is 7.34. The molecular weight excluding hydrogens is 272 g/mol. The standard InChI is InChI=1S/C18H26N4/c1-2-19-18(20-13-15-5-6-15)21-14-16-7-9-17(10-8-16)22-11-3-4-12-22/h3-4,7-10,15H,2,5-6,11-14H2,1H3,(H2,19,20,21). The van der Waals surface area contributed by atoms with Gasteiger partial charge in [-0.2, -0.15) is 0 Å². The molecule has 4 heteroatoms. The highest BCUT2D eigenvalue weighted by Crippen LogP contribution is 2.27. The summed E-state index contributed by atoms with van der Waals surface area (Å²) in [5.41, 5.74) is 2.54. The molecule has 0 saturated heterocycles. The van der Waals surface area contributed by atoms with Gasteiger partial charge in [-0.15, -0.1) is 0 Å². The van der Waals surface area contributed by atoms with Gasteiger partial charge in [0.2, 0.25) is 0 Å². The van der Waals surface area contributed by atoms with Gasteiger partial charge in [0.25, 0.3) is 0 Å². The topological polar surface area (TPSA) is 39.7 Å². The number of hydrogen-bond donors (Lipinski definition) is 2. The van der Waals surface area contributed by atoms with Crippen molar-refractivity contribution in [2.45, 2.75) is 26.3 Å². The highest BCUT2D eigenvalue weighted by molar-refractivity contribution is 5.79. The van der Waals surface area contributed by atoms with Crippen LogP contribution in [0.15, 0.2) is 41.4 Å². The summed E-state index contributed by atoms with van der Waals surface area (Å²) in [5, 5.41) is 6.75. The number of guanidine groups is 1. The van der Waals surface area contributed by atoms with Crippen molar-refractivity contribution >= 4 is 11.6 Å². The molecule has 1 fully saturated rings. The Morgan fingerprint density at radius 3 is 2.50 bits per heavy atom. The smallest absolute Gasteiger partial charge is 0.191 e. The molecule has 0 unspecified atom stereocenters. The number of aliphatic imine (C=N–C) groups is 1. The Labute approximate surface area is 133 Å². The van der Waals surface area contributed by atoms with Crippen molar-refractivity contribution in [2.24, 2.45) is 10.9 Å². The van der Waals surface area contributed by atoms with Crippen LogP contribution < -0.4 is 15.5 Å². The van der Waals surface area contributed by atoms with E-state index < -0.39 is 0 Å². The molecule has 1 aromatic rings. The van der Waals surface area contributed by atoms with E-state index >= 15 is 0 Å². The minimum absolute atomic E-state index is 0.721. The molecule has 1 aliphatic carbocycles. The van der Waals surface area contributed by atoms with Crippen LogP contribution in [0.5, 0.6) is 0 Å². The number of nitrogens with zero attached hydrogens (tertiary/aromatic N) is 2. The van der Waals surface area contributed by atoms with Crippen molar-refractivity contribution in [3.05, 3.63) is 42.0 Å². The molecule has 22 heavy (non-hydrogen) atoms. The third kappa shape index (κ3) is 4.26. The zero-order valence-corrected chi connectivity index (χ0v) is 13.4. The van der Waals surface area contributed by atoms with Gasteiger partial charge in [-0.1, -0.05) is 24.3 Å². The first-order valence-corrected chi connectivity index (χ1v) is 8.36. The van der Waals surface area contributed by atoms with Gasteiger partial charge >= 0.3 is 0 Å². The number of nitrogens with one attached hydrogen (secondary N) is 2.